The summed E-state index contributed by atoms with van der Waals surface area (Å²) in [6, 6.07) is 67.9. The summed E-state index contributed by atoms with van der Waals surface area (Å²) in [4.78, 5) is 4.96. The van der Waals surface area contributed by atoms with Gasteiger partial charge in [-0.25, -0.2) is 0 Å². The second-order valence-electron chi connectivity index (χ2n) is 20.4. The van der Waals surface area contributed by atoms with Crippen molar-refractivity contribution in [3.63, 3.8) is 0 Å². The Balaban J connectivity index is 0.925. The average Bonchev–Trinajstić information content (AvgIpc) is 3.56. The van der Waals surface area contributed by atoms with Crippen LogP contribution in [0.3, 0.4) is 0 Å². The third kappa shape index (κ3) is 6.48. The van der Waals surface area contributed by atoms with Gasteiger partial charge in [-0.2, -0.15) is 0 Å². The Labute approximate surface area is 376 Å². The molecular weight excluding hydrogens is 777 g/mol. The van der Waals surface area contributed by atoms with Crippen LogP contribution in [0, 0.1) is 23.7 Å². The minimum absolute atomic E-state index is 0.0102. The molecule has 314 valence electrons. The summed E-state index contributed by atoms with van der Waals surface area (Å²) in [5.41, 5.74) is 14.7. The summed E-state index contributed by atoms with van der Waals surface area (Å²) in [5, 5.41) is 3.09. The predicted molar refractivity (Wildman–Crippen MR) is 268 cm³/mol. The Morgan fingerprint density at radius 1 is 0.413 bits per heavy atom. The van der Waals surface area contributed by atoms with Crippen LogP contribution in [0.2, 0.25) is 13.1 Å². The van der Waals surface area contributed by atoms with Gasteiger partial charge in [-0.05, 0) is 186 Å². The van der Waals surface area contributed by atoms with E-state index < -0.39 is 8.07 Å². The molecule has 1 aliphatic heterocycles. The highest BCUT2D eigenvalue weighted by Gasteiger charge is 2.58. The highest BCUT2D eigenvalue weighted by Crippen LogP contribution is 2.65. The lowest BCUT2D eigenvalue weighted by Gasteiger charge is -2.62. The lowest BCUT2D eigenvalue weighted by atomic mass is 9.42. The van der Waals surface area contributed by atoms with Gasteiger partial charge in [0.25, 0.3) is 0 Å². The molecule has 13 rings (SSSR count). The molecule has 7 aromatic rings. The van der Waals surface area contributed by atoms with Gasteiger partial charge >= 0.3 is 0 Å². The second-order valence-corrected chi connectivity index (χ2v) is 24.8. The van der Waals surface area contributed by atoms with E-state index in [1.807, 2.05) is 0 Å². The van der Waals surface area contributed by atoms with Gasteiger partial charge in [0.05, 0.1) is 0 Å². The number of para-hydroxylation sites is 2. The summed E-state index contributed by atoms with van der Waals surface area (Å²) >= 11 is 0. The maximum atomic E-state index is 2.54. The van der Waals surface area contributed by atoms with E-state index in [9.17, 15) is 0 Å². The summed E-state index contributed by atoms with van der Waals surface area (Å²) < 4.78 is 0. The largest absolute Gasteiger partial charge is 0.311 e. The summed E-state index contributed by atoms with van der Waals surface area (Å²) in [6.07, 6.45) is 13.6. The van der Waals surface area contributed by atoms with Crippen LogP contribution in [0.5, 0.6) is 0 Å². The number of fused-ring (bicyclic) bond motifs is 3. The molecule has 2 nitrogen and oxygen atoms in total. The Hall–Kier alpha value is -5.64. The van der Waals surface area contributed by atoms with Gasteiger partial charge in [0.1, 0.15) is 8.07 Å². The summed E-state index contributed by atoms with van der Waals surface area (Å²) in [7, 11) is -1.84. The number of anilines is 6. The van der Waals surface area contributed by atoms with Crippen molar-refractivity contribution in [2.24, 2.45) is 23.7 Å². The molecule has 63 heavy (non-hydrogen) atoms. The Morgan fingerprint density at radius 3 is 1.41 bits per heavy atom. The Morgan fingerprint density at radius 2 is 0.857 bits per heavy atom. The molecule has 0 aromatic heterocycles. The Bertz CT molecular complexity index is 2700. The Kier molecular flexibility index (Phi) is 9.63. The molecule has 0 unspecified atom stereocenters. The number of hydrogen-bond acceptors (Lipinski definition) is 2. The first-order valence-corrected chi connectivity index (χ1v) is 27.2. The molecule has 5 saturated carbocycles. The second kappa shape index (κ2) is 15.6. The highest BCUT2D eigenvalue weighted by molar-refractivity contribution is 7.03. The number of nitrogens with zero attached hydrogens (tertiary/aromatic N) is 2. The molecule has 6 aliphatic rings. The topological polar surface area (TPSA) is 6.48 Å². The fraction of sp³-hybridized carbons (Fsp3) is 0.300. The van der Waals surface area contributed by atoms with Crippen molar-refractivity contribution in [1.29, 1.82) is 0 Å². The minimum Gasteiger partial charge on any atom is -0.311 e. The monoisotopic (exact) mass is 836 g/mol. The van der Waals surface area contributed by atoms with Crippen molar-refractivity contribution in [3.05, 3.63) is 193 Å². The van der Waals surface area contributed by atoms with Crippen molar-refractivity contribution in [2.45, 2.75) is 88.6 Å². The van der Waals surface area contributed by atoms with Gasteiger partial charge in [-0.15, -0.1) is 0 Å². The van der Waals surface area contributed by atoms with Crippen molar-refractivity contribution >= 4 is 52.6 Å². The van der Waals surface area contributed by atoms with E-state index in [0.29, 0.717) is 17.8 Å². The van der Waals surface area contributed by atoms with Gasteiger partial charge in [0, 0.05) is 39.5 Å². The molecule has 4 bridgehead atoms. The highest BCUT2D eigenvalue weighted by atomic mass is 28.3. The third-order valence-corrected chi connectivity index (χ3v) is 20.3. The van der Waals surface area contributed by atoms with E-state index >= 15 is 0 Å². The first-order chi connectivity index (χ1) is 30.9. The van der Waals surface area contributed by atoms with Crippen LogP contribution in [0.15, 0.2) is 176 Å². The zero-order chi connectivity index (χ0) is 42.1. The van der Waals surface area contributed by atoms with Gasteiger partial charge in [0.2, 0.25) is 0 Å². The van der Waals surface area contributed by atoms with Crippen LogP contribution < -0.4 is 20.2 Å². The molecule has 0 N–H and O–H groups in total. The first-order valence-electron chi connectivity index (χ1n) is 24.2. The van der Waals surface area contributed by atoms with Crippen LogP contribution in [0.25, 0.3) is 11.1 Å². The van der Waals surface area contributed by atoms with Crippen LogP contribution >= 0.6 is 0 Å². The van der Waals surface area contributed by atoms with E-state index in [-0.39, 0.29) is 5.41 Å². The van der Waals surface area contributed by atoms with Crippen LogP contribution in [0.1, 0.15) is 86.8 Å². The van der Waals surface area contributed by atoms with Crippen LogP contribution in [0.4, 0.5) is 34.1 Å². The quantitative estimate of drug-likeness (QED) is 0.134. The molecule has 5 aliphatic carbocycles. The molecule has 1 heterocycles. The SMILES string of the molecule is C[Si]1(C)c2ccccc2-c2ccc(N(c3ccccc3)c3ccc(C4(c5ccc(N(c6ccccc6)c6ccc(C7CCCCC7)cc6)cc5)C5CC6CC(C5)CC4C6)cc3)cc21. The van der Waals surface area contributed by atoms with Gasteiger partial charge < -0.3 is 9.80 Å². The summed E-state index contributed by atoms with van der Waals surface area (Å²) in [6.45, 7) is 5.04. The fourth-order valence-corrected chi connectivity index (χ4v) is 17.1. The van der Waals surface area contributed by atoms with Crippen molar-refractivity contribution in [2.75, 3.05) is 9.80 Å². The molecule has 3 heteroatoms. The molecule has 0 atom stereocenters. The van der Waals surface area contributed by atoms with Crippen LogP contribution in [-0.4, -0.2) is 8.07 Å². The zero-order valence-electron chi connectivity index (χ0n) is 37.1. The molecule has 0 spiro atoms. The molecule has 7 aromatic carbocycles. The van der Waals surface area contributed by atoms with Gasteiger partial charge in [0.15, 0.2) is 0 Å². The standard InChI is InChI=1S/C60H60N2Si/c1-63(2)58-21-13-12-20-56(58)57-35-34-55(41-59(57)63)62(51-18-10-5-11-19-51)54-32-26-47(27-33-54)60(48-37-42-36-43(39-48)40-49(60)38-42)46-24-30-53(31-25-46)61(50-16-8-4-9-17-50)52-28-22-45(23-29-52)44-14-6-3-7-15-44/h4-5,8-13,16-35,41-44,48-49H,3,6-7,14-15,36-40H2,1-2H3. The maximum absolute atomic E-state index is 2.54. The molecule has 5 fully saturated rings. The molecular formula is C60H60N2Si. The molecule has 0 radical (unpaired) electrons. The summed E-state index contributed by atoms with van der Waals surface area (Å²) in [5.74, 6) is 3.81. The number of hydrogen-bond donors (Lipinski definition) is 0. The lowest BCUT2D eigenvalue weighted by molar-refractivity contribution is -0.0418. The van der Waals surface area contributed by atoms with E-state index in [4.69, 9.17) is 0 Å². The van der Waals surface area contributed by atoms with E-state index in [0.717, 1.165) is 11.8 Å². The molecule has 0 saturated heterocycles. The van der Waals surface area contributed by atoms with Gasteiger partial charge in [-0.1, -0.05) is 135 Å². The van der Waals surface area contributed by atoms with E-state index in [1.165, 1.54) is 131 Å². The zero-order valence-corrected chi connectivity index (χ0v) is 38.1. The van der Waals surface area contributed by atoms with Crippen molar-refractivity contribution < 1.29 is 0 Å². The van der Waals surface area contributed by atoms with E-state index in [2.05, 4.69) is 199 Å². The lowest BCUT2D eigenvalue weighted by Crippen LogP contribution is -2.56. The smallest absolute Gasteiger partial charge is 0.113 e. The van der Waals surface area contributed by atoms with Gasteiger partial charge in [-0.3, -0.25) is 0 Å². The van der Waals surface area contributed by atoms with Crippen molar-refractivity contribution in [1.82, 2.24) is 0 Å². The van der Waals surface area contributed by atoms with E-state index in [1.54, 1.807) is 5.19 Å². The van der Waals surface area contributed by atoms with Crippen LogP contribution in [-0.2, 0) is 5.41 Å². The number of rotatable bonds is 9. The maximum Gasteiger partial charge on any atom is 0.113 e. The number of benzene rings is 7. The minimum atomic E-state index is -1.84. The third-order valence-electron chi connectivity index (χ3n) is 16.7. The van der Waals surface area contributed by atoms with Crippen molar-refractivity contribution in [3.8, 4) is 11.1 Å². The normalized spacial score (nSPS) is 24.2. The average molecular weight is 837 g/mol. The molecule has 0 amide bonds. The first kappa shape index (κ1) is 39.0. The fourth-order valence-electron chi connectivity index (χ4n) is 14.0. The predicted octanol–water partition coefficient (Wildman–Crippen LogP) is 15.2.